The molecular formula is C11H21NO4P+. The molecule has 0 fully saturated rings. The second-order valence-electron chi connectivity index (χ2n) is 4.88. The smallest absolute Gasteiger partial charge is 0.333 e. The van der Waals surface area contributed by atoms with Gasteiger partial charge in [0.15, 0.2) is 0 Å². The molecule has 0 spiro atoms. The Morgan fingerprint density at radius 2 is 1.88 bits per heavy atom. The largest absolute Gasteiger partial charge is 0.462 e. The fourth-order valence-electron chi connectivity index (χ4n) is 0.960. The summed E-state index contributed by atoms with van der Waals surface area (Å²) in [5.74, 6) is -0.493. The van der Waals surface area contributed by atoms with Crippen LogP contribution in [0.25, 0.3) is 0 Å². The Hall–Kier alpha value is -0.770. The molecule has 0 aliphatic heterocycles. The van der Waals surface area contributed by atoms with E-state index in [1.54, 1.807) is 6.92 Å². The summed E-state index contributed by atoms with van der Waals surface area (Å²) < 4.78 is 5.29. The average molecular weight is 262 g/mol. The Morgan fingerprint density at radius 3 is 2.29 bits per heavy atom. The van der Waals surface area contributed by atoms with Gasteiger partial charge in [0.1, 0.15) is 14.7 Å². The van der Waals surface area contributed by atoms with Crippen LogP contribution in [-0.4, -0.2) is 61.3 Å². The average Bonchev–Trinajstić information content (AvgIpc) is 2.14. The zero-order valence-corrected chi connectivity index (χ0v) is 11.8. The number of carbonyl (C=O) groups excluding carboxylic acids is 2. The first-order valence-corrected chi connectivity index (χ1v) is 6.74. The number of rotatable bonds is 7. The maximum atomic E-state index is 11.6. The maximum absolute atomic E-state index is 11.6. The summed E-state index contributed by atoms with van der Waals surface area (Å²) in [6.07, 6.45) is 0.188. The quantitative estimate of drug-likeness (QED) is 0.318. The maximum Gasteiger partial charge on any atom is 0.333 e. The van der Waals surface area contributed by atoms with E-state index >= 15 is 0 Å². The van der Waals surface area contributed by atoms with Crippen LogP contribution >= 0.6 is 8.15 Å². The lowest BCUT2D eigenvalue weighted by Crippen LogP contribution is -2.39. The van der Waals surface area contributed by atoms with Crippen molar-refractivity contribution in [2.75, 3.05) is 40.5 Å². The second kappa shape index (κ2) is 6.84. The molecule has 98 valence electrons. The Bertz CT molecular complexity index is 309. The lowest BCUT2D eigenvalue weighted by atomic mass is 10.4. The van der Waals surface area contributed by atoms with Crippen LogP contribution in [0.4, 0.5) is 0 Å². The molecule has 6 heteroatoms. The highest BCUT2D eigenvalue weighted by molar-refractivity contribution is 7.69. The summed E-state index contributed by atoms with van der Waals surface area (Å²) in [5.41, 5.74) is 0.129. The number of nitrogens with zero attached hydrogens (tertiary/aromatic N) is 1. The number of esters is 1. The zero-order chi connectivity index (χ0) is 13.6. The number of quaternary nitrogens is 1. The van der Waals surface area contributed by atoms with E-state index in [1.165, 1.54) is 0 Å². The van der Waals surface area contributed by atoms with Crippen molar-refractivity contribution in [3.05, 3.63) is 12.2 Å². The van der Waals surface area contributed by atoms with Gasteiger partial charge in [0, 0.05) is 11.7 Å². The van der Waals surface area contributed by atoms with Gasteiger partial charge in [0.2, 0.25) is 5.52 Å². The molecular weight excluding hydrogens is 241 g/mol. The van der Waals surface area contributed by atoms with Crippen molar-refractivity contribution in [1.29, 1.82) is 0 Å². The predicted molar refractivity (Wildman–Crippen MR) is 67.7 cm³/mol. The van der Waals surface area contributed by atoms with Crippen molar-refractivity contribution in [2.24, 2.45) is 0 Å². The van der Waals surface area contributed by atoms with Crippen molar-refractivity contribution in [3.8, 4) is 0 Å². The first-order valence-electron chi connectivity index (χ1n) is 5.26. The van der Waals surface area contributed by atoms with E-state index in [0.29, 0.717) is 10.1 Å². The SMILES string of the molecule is C=C(C)C(=O)OCCP(O)C(=O)C[N+](C)(C)C. The highest BCUT2D eigenvalue weighted by Gasteiger charge is 2.22. The molecule has 0 aromatic heterocycles. The summed E-state index contributed by atoms with van der Waals surface area (Å²) in [5, 5.41) is 0. The van der Waals surface area contributed by atoms with Crippen molar-refractivity contribution in [1.82, 2.24) is 0 Å². The van der Waals surface area contributed by atoms with E-state index in [1.807, 2.05) is 21.1 Å². The number of likely N-dealkylation sites (N-methyl/N-ethyl adjacent to an activating group) is 1. The molecule has 1 N–H and O–H groups in total. The third-order valence-corrected chi connectivity index (χ3v) is 3.11. The Balaban J connectivity index is 3.95. The van der Waals surface area contributed by atoms with Gasteiger partial charge in [-0.15, -0.1) is 0 Å². The number of ether oxygens (including phenoxy) is 1. The van der Waals surface area contributed by atoms with Crippen LogP contribution in [0, 0.1) is 0 Å². The fraction of sp³-hybridized carbons (Fsp3) is 0.636. The van der Waals surface area contributed by atoms with Gasteiger partial charge < -0.3 is 14.1 Å². The molecule has 17 heavy (non-hydrogen) atoms. The molecule has 0 amide bonds. The molecule has 0 radical (unpaired) electrons. The summed E-state index contributed by atoms with van der Waals surface area (Å²) in [7, 11) is 3.91. The highest BCUT2D eigenvalue weighted by Crippen LogP contribution is 2.30. The van der Waals surface area contributed by atoms with Crippen LogP contribution in [-0.2, 0) is 14.3 Å². The summed E-state index contributed by atoms with van der Waals surface area (Å²) in [6.45, 7) is 5.31. The van der Waals surface area contributed by atoms with Crippen LogP contribution in [0.3, 0.4) is 0 Å². The van der Waals surface area contributed by atoms with Crippen LogP contribution in [0.5, 0.6) is 0 Å². The van der Waals surface area contributed by atoms with E-state index in [0.717, 1.165) is 0 Å². The molecule has 0 saturated carbocycles. The molecule has 0 aliphatic rings. The Morgan fingerprint density at radius 1 is 1.35 bits per heavy atom. The monoisotopic (exact) mass is 262 g/mol. The third kappa shape index (κ3) is 8.02. The van der Waals surface area contributed by atoms with Crippen LogP contribution < -0.4 is 0 Å². The van der Waals surface area contributed by atoms with Crippen LogP contribution in [0.1, 0.15) is 6.92 Å². The van der Waals surface area contributed by atoms with Crippen LogP contribution in [0.2, 0.25) is 0 Å². The molecule has 0 rings (SSSR count). The standard InChI is InChI=1S/C11H21NO4P/c1-9(2)11(14)16-6-7-17(15)10(13)8-12(3,4)5/h15H,1,6-8H2,2-5H3/q+1. The first-order chi connectivity index (χ1) is 7.63. The topological polar surface area (TPSA) is 63.6 Å². The van der Waals surface area contributed by atoms with Gasteiger partial charge in [-0.3, -0.25) is 4.79 Å². The fourth-order valence-corrected chi connectivity index (χ4v) is 2.06. The van der Waals surface area contributed by atoms with Crippen molar-refractivity contribution in [3.63, 3.8) is 0 Å². The molecule has 0 heterocycles. The molecule has 0 aliphatic carbocycles. The number of hydrogen-bond acceptors (Lipinski definition) is 4. The normalized spacial score (nSPS) is 13.0. The summed E-state index contributed by atoms with van der Waals surface area (Å²) in [6, 6.07) is 0. The van der Waals surface area contributed by atoms with Gasteiger partial charge in [-0.05, 0) is 6.92 Å². The van der Waals surface area contributed by atoms with Gasteiger partial charge in [-0.1, -0.05) is 6.58 Å². The Kier molecular flexibility index (Phi) is 6.53. The minimum absolute atomic E-state index is 0.0524. The van der Waals surface area contributed by atoms with Crippen LogP contribution in [0.15, 0.2) is 12.2 Å². The molecule has 0 aromatic carbocycles. The van der Waals surface area contributed by atoms with Crippen molar-refractivity contribution < 1.29 is 23.7 Å². The summed E-state index contributed by atoms with van der Waals surface area (Å²) in [4.78, 5) is 32.2. The lowest BCUT2D eigenvalue weighted by molar-refractivity contribution is -0.861. The molecule has 5 nitrogen and oxygen atoms in total. The number of hydrogen-bond donors (Lipinski definition) is 1. The van der Waals surface area contributed by atoms with Gasteiger partial charge in [0.05, 0.1) is 27.7 Å². The predicted octanol–water partition coefficient (Wildman–Crippen LogP) is 0.728. The molecule has 0 bridgehead atoms. The number of carbonyl (C=O) groups is 2. The molecule has 1 atom stereocenters. The minimum atomic E-state index is -1.72. The molecule has 0 saturated heterocycles. The van der Waals surface area contributed by atoms with E-state index in [-0.39, 0.29) is 24.8 Å². The van der Waals surface area contributed by atoms with Crippen molar-refractivity contribution in [2.45, 2.75) is 6.92 Å². The van der Waals surface area contributed by atoms with Gasteiger partial charge in [-0.25, -0.2) is 4.79 Å². The van der Waals surface area contributed by atoms with E-state index in [4.69, 9.17) is 4.74 Å². The van der Waals surface area contributed by atoms with E-state index in [9.17, 15) is 14.5 Å². The molecule has 0 aromatic rings. The van der Waals surface area contributed by atoms with E-state index < -0.39 is 14.1 Å². The van der Waals surface area contributed by atoms with Crippen molar-refractivity contribution >= 4 is 19.6 Å². The zero-order valence-electron chi connectivity index (χ0n) is 10.9. The minimum Gasteiger partial charge on any atom is -0.462 e. The third-order valence-electron chi connectivity index (χ3n) is 1.78. The second-order valence-corrected chi connectivity index (χ2v) is 6.63. The van der Waals surface area contributed by atoms with E-state index in [2.05, 4.69) is 6.58 Å². The highest BCUT2D eigenvalue weighted by atomic mass is 31.1. The van der Waals surface area contributed by atoms with Gasteiger partial charge >= 0.3 is 5.97 Å². The van der Waals surface area contributed by atoms with Gasteiger partial charge in [-0.2, -0.15) is 0 Å². The first kappa shape index (κ1) is 16.2. The van der Waals surface area contributed by atoms with Gasteiger partial charge in [0.25, 0.3) is 0 Å². The summed E-state index contributed by atoms with van der Waals surface area (Å²) >= 11 is 0. The lowest BCUT2D eigenvalue weighted by Gasteiger charge is -2.23. The Labute approximate surface area is 103 Å². The molecule has 1 unspecified atom stereocenters.